The lowest BCUT2D eigenvalue weighted by Gasteiger charge is -2.37. The zero-order valence-corrected chi connectivity index (χ0v) is 26.7. The first-order valence-corrected chi connectivity index (χ1v) is 16.1. The Bertz CT molecular complexity index is 2020. The van der Waals surface area contributed by atoms with Gasteiger partial charge >= 0.3 is 0 Å². The molecule has 1 unspecified atom stereocenters. The fraction of sp³-hybridized carbons (Fsp3) is 0.270. The van der Waals surface area contributed by atoms with Gasteiger partial charge in [0.1, 0.15) is 5.82 Å². The van der Waals surface area contributed by atoms with E-state index >= 15 is 0 Å². The van der Waals surface area contributed by atoms with E-state index in [0.717, 1.165) is 40.1 Å². The number of halogens is 2. The van der Waals surface area contributed by atoms with Gasteiger partial charge in [0.25, 0.3) is 0 Å². The summed E-state index contributed by atoms with van der Waals surface area (Å²) in [6.07, 6.45) is 8.85. The normalized spacial score (nSPS) is 18.1. The minimum atomic E-state index is -0.829. The number of nitrogens with zero attached hydrogens (tertiary/aromatic N) is 6. The van der Waals surface area contributed by atoms with Crippen molar-refractivity contribution in [2.75, 3.05) is 56.0 Å². The van der Waals surface area contributed by atoms with Crippen LogP contribution in [0, 0.1) is 29.4 Å². The Morgan fingerprint density at radius 2 is 1.61 bits per heavy atom. The highest BCUT2D eigenvalue weighted by atomic mass is 19.1. The van der Waals surface area contributed by atoms with Crippen molar-refractivity contribution in [3.8, 4) is 35.0 Å². The molecule has 0 saturated carbocycles. The Kier molecular flexibility index (Phi) is 8.76. The molecule has 0 aliphatic carbocycles. The van der Waals surface area contributed by atoms with E-state index in [0.29, 0.717) is 62.9 Å². The molecule has 2 saturated heterocycles. The van der Waals surface area contributed by atoms with Gasteiger partial charge in [0.05, 0.1) is 35.6 Å². The summed E-state index contributed by atoms with van der Waals surface area (Å²) in [7, 11) is 0. The van der Waals surface area contributed by atoms with E-state index < -0.39 is 11.2 Å². The topological polar surface area (TPSA) is 110 Å². The molecule has 2 aliphatic rings. The van der Waals surface area contributed by atoms with Crippen molar-refractivity contribution in [3.63, 3.8) is 0 Å². The van der Waals surface area contributed by atoms with E-state index in [9.17, 15) is 18.4 Å². The molecule has 2 amide bonds. The van der Waals surface area contributed by atoms with Crippen molar-refractivity contribution in [2.45, 2.75) is 12.8 Å². The average Bonchev–Trinajstić information content (AvgIpc) is 3.74. The van der Waals surface area contributed by atoms with E-state index in [1.54, 1.807) is 18.2 Å². The maximum atomic E-state index is 13.8. The second-order valence-corrected chi connectivity index (χ2v) is 12.6. The van der Waals surface area contributed by atoms with Gasteiger partial charge in [0.2, 0.25) is 11.8 Å². The first-order valence-electron chi connectivity index (χ1n) is 16.1. The second kappa shape index (κ2) is 13.4. The standard InChI is InChI=1S/C37H34F2N8O2/c1-2-13-37(36(49)42-29-9-12-32-31(20-29)34(44-43-32)25-3-7-27(38)8-4-25)14-15-45(24-37)23-33(48)47-18-16-46(17-19-47)30-10-5-26(6-11-30)35-40-21-28(39)22-41-35/h1,3-12,20-22H,13-19,23-24H2,(H,42,49)(H,43,44). The van der Waals surface area contributed by atoms with E-state index in [2.05, 4.69) is 36.3 Å². The molecular weight excluding hydrogens is 626 g/mol. The zero-order chi connectivity index (χ0) is 34.0. The third-order valence-electron chi connectivity index (χ3n) is 9.40. The Morgan fingerprint density at radius 1 is 0.898 bits per heavy atom. The number of terminal acetylenes is 1. The molecule has 0 spiro atoms. The highest BCUT2D eigenvalue weighted by Gasteiger charge is 2.44. The van der Waals surface area contributed by atoms with Crippen LogP contribution in [0.15, 0.2) is 79.1 Å². The number of nitrogens with one attached hydrogen (secondary N) is 2. The van der Waals surface area contributed by atoms with E-state index in [-0.39, 0.29) is 30.6 Å². The molecule has 2 N–H and O–H groups in total. The fourth-order valence-electron chi connectivity index (χ4n) is 6.67. The molecule has 3 aromatic carbocycles. The van der Waals surface area contributed by atoms with Gasteiger partial charge in [-0.25, -0.2) is 18.7 Å². The number of piperazine rings is 1. The molecule has 1 atom stereocenters. The van der Waals surface area contributed by atoms with E-state index in [1.807, 2.05) is 46.2 Å². The molecule has 2 fully saturated rings. The monoisotopic (exact) mass is 660 g/mol. The molecule has 248 valence electrons. The number of aromatic amines is 1. The first kappa shape index (κ1) is 31.9. The predicted octanol–water partition coefficient (Wildman–Crippen LogP) is 4.97. The summed E-state index contributed by atoms with van der Waals surface area (Å²) in [6.45, 7) is 3.72. The lowest BCUT2D eigenvalue weighted by atomic mass is 9.82. The van der Waals surface area contributed by atoms with Crippen LogP contribution in [0.3, 0.4) is 0 Å². The largest absolute Gasteiger partial charge is 0.368 e. The first-order chi connectivity index (χ1) is 23.8. The van der Waals surface area contributed by atoms with Gasteiger partial charge in [0.15, 0.2) is 11.6 Å². The van der Waals surface area contributed by atoms with Crippen LogP contribution < -0.4 is 10.2 Å². The Labute approximate surface area is 282 Å². The summed E-state index contributed by atoms with van der Waals surface area (Å²) in [5.74, 6) is 2.19. The Morgan fingerprint density at radius 3 is 2.33 bits per heavy atom. The molecule has 5 aromatic rings. The summed E-state index contributed by atoms with van der Waals surface area (Å²) in [4.78, 5) is 41.4. The van der Waals surface area contributed by atoms with Crippen LogP contribution in [-0.4, -0.2) is 87.6 Å². The zero-order valence-electron chi connectivity index (χ0n) is 26.7. The third kappa shape index (κ3) is 6.71. The third-order valence-corrected chi connectivity index (χ3v) is 9.40. The number of carbonyl (C=O) groups excluding carboxylic acids is 2. The van der Waals surface area contributed by atoms with Gasteiger partial charge in [-0.1, -0.05) is 0 Å². The maximum Gasteiger partial charge on any atom is 0.236 e. The van der Waals surface area contributed by atoms with Gasteiger partial charge in [-0.2, -0.15) is 5.10 Å². The van der Waals surface area contributed by atoms with Gasteiger partial charge in [0, 0.05) is 67.0 Å². The van der Waals surface area contributed by atoms with Crippen molar-refractivity contribution < 1.29 is 18.4 Å². The smallest absolute Gasteiger partial charge is 0.236 e. The van der Waals surface area contributed by atoms with Crippen molar-refractivity contribution in [1.82, 2.24) is 30.0 Å². The molecule has 4 heterocycles. The number of hydrogen-bond acceptors (Lipinski definition) is 7. The van der Waals surface area contributed by atoms with Gasteiger partial charge in [-0.15, -0.1) is 12.3 Å². The second-order valence-electron chi connectivity index (χ2n) is 12.6. The number of fused-ring (bicyclic) bond motifs is 1. The minimum absolute atomic E-state index is 0.0269. The predicted molar refractivity (Wildman–Crippen MR) is 183 cm³/mol. The van der Waals surface area contributed by atoms with Crippen LogP contribution in [-0.2, 0) is 9.59 Å². The number of amides is 2. The number of benzene rings is 3. The highest BCUT2D eigenvalue weighted by Crippen LogP contribution is 2.36. The van der Waals surface area contributed by atoms with Crippen LogP contribution in [0.2, 0.25) is 0 Å². The van der Waals surface area contributed by atoms with E-state index in [1.165, 1.54) is 12.1 Å². The Balaban J connectivity index is 0.950. The van der Waals surface area contributed by atoms with Gasteiger partial charge < -0.3 is 15.1 Å². The molecule has 2 aromatic heterocycles. The molecule has 0 radical (unpaired) electrons. The molecule has 12 heteroatoms. The van der Waals surface area contributed by atoms with Crippen LogP contribution in [0.5, 0.6) is 0 Å². The lowest BCUT2D eigenvalue weighted by Crippen LogP contribution is -2.51. The number of likely N-dealkylation sites (tertiary alicyclic amines) is 1. The Hall–Kier alpha value is -5.67. The molecule has 49 heavy (non-hydrogen) atoms. The van der Waals surface area contributed by atoms with Gasteiger partial charge in [-0.05, 0) is 79.7 Å². The SMILES string of the molecule is C#CCC1(C(=O)Nc2ccc3[nH]nc(-c4ccc(F)cc4)c3c2)CCN(CC(=O)N2CCN(c3ccc(-c4ncc(F)cn4)cc3)CC2)C1. The van der Waals surface area contributed by atoms with Crippen LogP contribution >= 0.6 is 0 Å². The summed E-state index contributed by atoms with van der Waals surface area (Å²) >= 11 is 0. The number of hydrogen-bond donors (Lipinski definition) is 2. The van der Waals surface area contributed by atoms with Crippen molar-refractivity contribution >= 4 is 34.1 Å². The van der Waals surface area contributed by atoms with Crippen LogP contribution in [0.25, 0.3) is 33.5 Å². The van der Waals surface area contributed by atoms with Crippen LogP contribution in [0.4, 0.5) is 20.2 Å². The number of aromatic nitrogens is 4. The van der Waals surface area contributed by atoms with E-state index in [4.69, 9.17) is 6.42 Å². The van der Waals surface area contributed by atoms with Crippen LogP contribution in [0.1, 0.15) is 12.8 Å². The summed E-state index contributed by atoms with van der Waals surface area (Å²) in [6, 6.07) is 19.4. The van der Waals surface area contributed by atoms with Crippen molar-refractivity contribution in [1.29, 1.82) is 0 Å². The number of carbonyl (C=O) groups is 2. The summed E-state index contributed by atoms with van der Waals surface area (Å²) < 4.78 is 26.7. The van der Waals surface area contributed by atoms with Gasteiger partial charge in [-0.3, -0.25) is 19.6 Å². The lowest BCUT2D eigenvalue weighted by molar-refractivity contribution is -0.133. The molecule has 10 nitrogen and oxygen atoms in total. The highest BCUT2D eigenvalue weighted by molar-refractivity contribution is 6.00. The fourth-order valence-corrected chi connectivity index (χ4v) is 6.67. The molecule has 2 aliphatic heterocycles. The maximum absolute atomic E-state index is 13.8. The summed E-state index contributed by atoms with van der Waals surface area (Å²) in [5.41, 5.74) is 3.80. The number of H-pyrrole nitrogens is 1. The van der Waals surface area contributed by atoms with Crippen molar-refractivity contribution in [2.24, 2.45) is 5.41 Å². The summed E-state index contributed by atoms with van der Waals surface area (Å²) in [5, 5.41) is 11.3. The minimum Gasteiger partial charge on any atom is -0.368 e. The molecule has 7 rings (SSSR count). The quantitative estimate of drug-likeness (QED) is 0.226. The molecule has 0 bridgehead atoms. The average molecular weight is 661 g/mol. The number of rotatable bonds is 8. The molecular formula is C37H34F2N8O2. The number of anilines is 2. The van der Waals surface area contributed by atoms with Crippen molar-refractivity contribution in [3.05, 3.63) is 90.8 Å².